The Kier molecular flexibility index (Phi) is 14.2. The molecule has 3 atom stereocenters. The highest BCUT2D eigenvalue weighted by molar-refractivity contribution is 7.90. The van der Waals surface area contributed by atoms with E-state index in [-0.39, 0.29) is 59.7 Å². The Hall–Kier alpha value is -7.01. The lowest BCUT2D eigenvalue weighted by molar-refractivity contribution is -0.172. The van der Waals surface area contributed by atoms with Crippen LogP contribution in [0.4, 0.5) is 5.69 Å². The predicted octanol–water partition coefficient (Wildman–Crippen LogP) is 3.87. The van der Waals surface area contributed by atoms with Crippen molar-refractivity contribution in [2.24, 2.45) is 5.92 Å². The van der Waals surface area contributed by atoms with Crippen molar-refractivity contribution in [3.8, 4) is 29.0 Å². The zero-order valence-corrected chi connectivity index (χ0v) is 40.8. The Morgan fingerprint density at radius 3 is 2.44 bits per heavy atom. The second kappa shape index (κ2) is 20.1. The van der Waals surface area contributed by atoms with E-state index in [2.05, 4.69) is 43.1 Å². The molecule has 0 unspecified atom stereocenters. The number of anilines is 1. The van der Waals surface area contributed by atoms with Gasteiger partial charge in [0.1, 0.15) is 31.0 Å². The summed E-state index contributed by atoms with van der Waals surface area (Å²) in [6.07, 6.45) is 7.07. The largest absolute Gasteiger partial charge is 0.489 e. The van der Waals surface area contributed by atoms with Crippen LogP contribution in [0.2, 0.25) is 0 Å². The Morgan fingerprint density at radius 1 is 0.971 bits per heavy atom. The van der Waals surface area contributed by atoms with Crippen LogP contribution < -0.4 is 31.6 Å². The number of aliphatic hydroxyl groups is 1. The van der Waals surface area contributed by atoms with Crippen LogP contribution in [-0.2, 0) is 78.5 Å². The summed E-state index contributed by atoms with van der Waals surface area (Å²) < 4.78 is 36.6. The first-order valence-electron chi connectivity index (χ1n) is 23.4. The average Bonchev–Trinajstić information content (AvgIpc) is 3.71. The average molecular weight is 973 g/mol. The van der Waals surface area contributed by atoms with E-state index >= 15 is 0 Å². The van der Waals surface area contributed by atoms with Crippen molar-refractivity contribution in [2.45, 2.75) is 122 Å². The summed E-state index contributed by atoms with van der Waals surface area (Å²) in [6.45, 7) is 7.72. The van der Waals surface area contributed by atoms with E-state index in [1.807, 2.05) is 31.3 Å². The lowest BCUT2D eigenvalue weighted by Crippen LogP contribution is -2.53. The van der Waals surface area contributed by atoms with Crippen molar-refractivity contribution < 1.29 is 42.2 Å². The van der Waals surface area contributed by atoms with E-state index in [1.165, 1.54) is 12.4 Å². The van der Waals surface area contributed by atoms with Crippen molar-refractivity contribution >= 4 is 50.1 Å². The first-order chi connectivity index (χ1) is 33.4. The molecule has 18 nitrogen and oxygen atoms in total. The van der Waals surface area contributed by atoms with E-state index in [0.29, 0.717) is 48.6 Å². The van der Waals surface area contributed by atoms with Gasteiger partial charge in [-0.1, -0.05) is 38.7 Å². The number of rotatable bonds is 16. The van der Waals surface area contributed by atoms with Gasteiger partial charge in [0, 0.05) is 65.8 Å². The van der Waals surface area contributed by atoms with Crippen LogP contribution in [0.1, 0.15) is 104 Å². The van der Waals surface area contributed by atoms with Gasteiger partial charge in [-0.15, -0.1) is 0 Å². The van der Waals surface area contributed by atoms with Gasteiger partial charge in [0.25, 0.3) is 5.56 Å². The molecule has 0 saturated heterocycles. The fourth-order valence-corrected chi connectivity index (χ4v) is 9.74. The van der Waals surface area contributed by atoms with Crippen LogP contribution in [0.5, 0.6) is 5.75 Å². The highest BCUT2D eigenvalue weighted by atomic mass is 32.2. The van der Waals surface area contributed by atoms with Crippen LogP contribution in [0, 0.1) is 17.8 Å². The summed E-state index contributed by atoms with van der Waals surface area (Å²) in [6, 6.07) is 9.31. The molecule has 0 bridgehead atoms. The van der Waals surface area contributed by atoms with Crippen molar-refractivity contribution in [3.05, 3.63) is 104 Å². The van der Waals surface area contributed by atoms with Crippen LogP contribution in [-0.4, -0.2) is 82.1 Å². The summed E-state index contributed by atoms with van der Waals surface area (Å²) in [5, 5.41) is 23.7. The molecule has 70 heavy (non-hydrogen) atoms. The number of benzene rings is 2. The number of aromatic nitrogens is 4. The third-order valence-corrected chi connectivity index (χ3v) is 13.9. The molecular formula is C51H56N8O10S. The minimum absolute atomic E-state index is 0.0658. The van der Waals surface area contributed by atoms with E-state index < -0.39 is 45.3 Å². The first-order valence-corrected chi connectivity index (χ1v) is 25.3. The van der Waals surface area contributed by atoms with Crippen LogP contribution in [0.15, 0.2) is 58.7 Å². The zero-order valence-electron chi connectivity index (χ0n) is 39.9. The van der Waals surface area contributed by atoms with Gasteiger partial charge in [0.05, 0.1) is 34.6 Å². The minimum atomic E-state index is -3.52. The van der Waals surface area contributed by atoms with Crippen molar-refractivity contribution in [3.63, 3.8) is 0 Å². The standard InChI is InChI=1S/C51H56N8O10S/c1-7-51(65)38-21-40-45-36(25-59(40)48(63)37(38)27-69-49(51)64)34-13-11-14-35-41(19-18-39(57-45)43(34)35)68-26-31-16-17-33(20-32(31)24-52-5)56-46(61)29(4)55-47(62)44(28(2)3)58-42(60)15-10-8-9-12-30-22-53-50(54-23-30)70(6,66)67/h16-23,28-29,44,52,65H,7-8,10-11,13-15,24-27H2,1-6H3,(H,55,62)(H,56,61)(H,58,60)/t29-,44-,51-/m0/s1. The maximum absolute atomic E-state index is 13.9. The van der Waals surface area contributed by atoms with Gasteiger partial charge in [-0.2, -0.15) is 0 Å². The molecule has 5 N–H and O–H groups in total. The number of nitrogens with zero attached hydrogens (tertiary/aromatic N) is 4. The molecule has 8 rings (SSSR count). The number of hydrogen-bond acceptors (Lipinski definition) is 14. The first kappa shape index (κ1) is 49.4. The van der Waals surface area contributed by atoms with E-state index in [9.17, 15) is 37.5 Å². The number of carbonyl (C=O) groups is 4. The molecule has 1 aliphatic carbocycles. The van der Waals surface area contributed by atoms with E-state index in [0.717, 1.165) is 70.0 Å². The zero-order chi connectivity index (χ0) is 50.1. The summed E-state index contributed by atoms with van der Waals surface area (Å²) in [4.78, 5) is 78.9. The van der Waals surface area contributed by atoms with Gasteiger partial charge in [-0.05, 0) is 99.0 Å². The summed E-state index contributed by atoms with van der Waals surface area (Å²) in [7, 11) is -1.69. The number of sulfone groups is 1. The van der Waals surface area contributed by atoms with Crippen molar-refractivity contribution in [1.29, 1.82) is 0 Å². The summed E-state index contributed by atoms with van der Waals surface area (Å²) in [5.74, 6) is 4.18. The second-order valence-electron chi connectivity index (χ2n) is 18.3. The number of pyridine rings is 2. The predicted molar refractivity (Wildman–Crippen MR) is 259 cm³/mol. The Morgan fingerprint density at radius 2 is 1.73 bits per heavy atom. The molecule has 3 aromatic heterocycles. The number of ether oxygens (including phenoxy) is 2. The smallest absolute Gasteiger partial charge is 0.343 e. The molecular weight excluding hydrogens is 917 g/mol. The molecule has 0 fully saturated rings. The van der Waals surface area contributed by atoms with Crippen molar-refractivity contribution in [1.82, 2.24) is 35.5 Å². The van der Waals surface area contributed by atoms with Crippen LogP contribution in [0.3, 0.4) is 0 Å². The maximum atomic E-state index is 13.9. The van der Waals surface area contributed by atoms with Crippen LogP contribution >= 0.6 is 0 Å². The second-order valence-corrected chi connectivity index (χ2v) is 20.2. The highest BCUT2D eigenvalue weighted by Crippen LogP contribution is 2.44. The van der Waals surface area contributed by atoms with Gasteiger partial charge in [-0.3, -0.25) is 19.2 Å². The topological polar surface area (TPSA) is 250 Å². The number of esters is 1. The Labute approximate surface area is 405 Å². The summed E-state index contributed by atoms with van der Waals surface area (Å²) >= 11 is 0. The molecule has 0 saturated carbocycles. The molecule has 19 heteroatoms. The van der Waals surface area contributed by atoms with E-state index in [4.69, 9.17) is 14.5 Å². The van der Waals surface area contributed by atoms with Gasteiger partial charge in [-0.25, -0.2) is 28.2 Å². The SMILES string of the molecule is CC[C@@]1(O)C(=O)OCc2c1cc1n(c2=O)Cc2c-1nc1ccc(OCc3ccc(NC(=O)[C@H](C)NC(=O)[C@@H](NC(=O)CCCC#Cc4cnc(S(C)(=O)=O)nc4)C(C)C)cc3CNC)c3c1c2CCC3. The number of hydrogen-bond donors (Lipinski definition) is 5. The Bertz CT molecular complexity index is 3180. The lowest BCUT2D eigenvalue weighted by Gasteiger charge is -2.31. The molecule has 5 heterocycles. The highest BCUT2D eigenvalue weighted by Gasteiger charge is 2.45. The third-order valence-electron chi connectivity index (χ3n) is 13.0. The molecule has 3 amide bonds. The molecule has 0 radical (unpaired) electrons. The fourth-order valence-electron chi connectivity index (χ4n) is 9.25. The third kappa shape index (κ3) is 9.89. The van der Waals surface area contributed by atoms with Gasteiger partial charge >= 0.3 is 5.97 Å². The molecule has 3 aliphatic rings. The van der Waals surface area contributed by atoms with Gasteiger partial charge in [0.15, 0.2) is 5.60 Å². The molecule has 366 valence electrons. The van der Waals surface area contributed by atoms with Crippen molar-refractivity contribution in [2.75, 3.05) is 18.6 Å². The number of aryl methyl sites for hydroxylation is 2. The maximum Gasteiger partial charge on any atom is 0.343 e. The fraction of sp³-hybridized carbons (Fsp3) is 0.412. The van der Waals surface area contributed by atoms with E-state index in [1.54, 1.807) is 44.4 Å². The number of unbranched alkanes of at least 4 members (excludes halogenated alkanes) is 1. The monoisotopic (exact) mass is 972 g/mol. The number of carbonyl (C=O) groups excluding carboxylic acids is 4. The normalized spacial score (nSPS) is 16.5. The molecule has 0 spiro atoms. The minimum Gasteiger partial charge on any atom is -0.489 e. The number of amides is 3. The lowest BCUT2D eigenvalue weighted by atomic mass is 9.85. The molecule has 2 aliphatic heterocycles. The summed E-state index contributed by atoms with van der Waals surface area (Å²) in [5.41, 5.74) is 6.26. The quantitative estimate of drug-likeness (QED) is 0.0400. The number of nitrogens with one attached hydrogen (secondary N) is 4. The molecule has 5 aromatic rings. The number of fused-ring (bicyclic) bond motifs is 5. The Balaban J connectivity index is 0.892. The van der Waals surface area contributed by atoms with Crippen LogP contribution in [0.25, 0.3) is 22.3 Å². The molecule has 2 aromatic carbocycles. The van der Waals surface area contributed by atoms with Gasteiger partial charge < -0.3 is 40.4 Å². The number of cyclic esters (lactones) is 1. The van der Waals surface area contributed by atoms with Gasteiger partial charge in [0.2, 0.25) is 32.7 Å².